The third-order valence-corrected chi connectivity index (χ3v) is 10.4. The first-order chi connectivity index (χ1) is 10.9. The van der Waals surface area contributed by atoms with Crippen molar-refractivity contribution < 1.29 is 19.1 Å². The first-order valence-electron chi connectivity index (χ1n) is 9.16. The lowest BCUT2D eigenvalue weighted by Gasteiger charge is -2.40. The predicted octanol–water partition coefficient (Wildman–Crippen LogP) is 4.19. The molecule has 138 valence electrons. The van der Waals surface area contributed by atoms with Crippen molar-refractivity contribution in [3.05, 3.63) is 12.2 Å². The maximum absolute atomic E-state index is 11.6. The predicted molar refractivity (Wildman–Crippen MR) is 98.3 cm³/mol. The molecule has 1 N–H and O–H groups in total. The van der Waals surface area contributed by atoms with E-state index in [9.17, 15) is 9.90 Å². The second-order valence-corrected chi connectivity index (χ2v) is 14.1. The molecule has 2 aliphatic rings. The Bertz CT molecular complexity index is 490. The van der Waals surface area contributed by atoms with Crippen molar-refractivity contribution in [2.24, 2.45) is 5.92 Å². The Morgan fingerprint density at radius 3 is 2.67 bits per heavy atom. The van der Waals surface area contributed by atoms with Crippen LogP contribution in [0.3, 0.4) is 0 Å². The largest absolute Gasteiger partial charge is 0.462 e. The van der Waals surface area contributed by atoms with E-state index < -0.39 is 13.9 Å². The molecule has 1 fully saturated rings. The van der Waals surface area contributed by atoms with E-state index in [2.05, 4.69) is 46.0 Å². The van der Waals surface area contributed by atoms with Gasteiger partial charge in [0.25, 0.3) is 0 Å². The molecule has 1 aliphatic carbocycles. The fourth-order valence-corrected chi connectivity index (χ4v) is 4.65. The molecule has 4 nitrogen and oxygen atoms in total. The minimum Gasteiger partial charge on any atom is -0.462 e. The second-order valence-electron chi connectivity index (χ2n) is 9.30. The average Bonchev–Trinajstić information content (AvgIpc) is 2.73. The monoisotopic (exact) mass is 354 g/mol. The molecule has 4 atom stereocenters. The lowest BCUT2D eigenvalue weighted by Crippen LogP contribution is -2.44. The Morgan fingerprint density at radius 1 is 1.38 bits per heavy atom. The van der Waals surface area contributed by atoms with Gasteiger partial charge in [0.05, 0.1) is 12.0 Å². The minimum atomic E-state index is -1.84. The van der Waals surface area contributed by atoms with Gasteiger partial charge in [-0.05, 0) is 44.3 Å². The van der Waals surface area contributed by atoms with E-state index in [-0.39, 0.29) is 29.1 Å². The van der Waals surface area contributed by atoms with E-state index in [0.29, 0.717) is 19.3 Å². The van der Waals surface area contributed by atoms with E-state index in [0.717, 1.165) is 12.8 Å². The van der Waals surface area contributed by atoms with Crippen LogP contribution in [0.15, 0.2) is 12.2 Å². The van der Waals surface area contributed by atoms with Gasteiger partial charge in [0.15, 0.2) is 8.32 Å². The molecule has 1 heterocycles. The second kappa shape index (κ2) is 6.93. The number of carbonyl (C=O) groups is 1. The molecule has 0 aromatic rings. The van der Waals surface area contributed by atoms with Crippen molar-refractivity contribution in [3.8, 4) is 0 Å². The third kappa shape index (κ3) is 4.93. The highest BCUT2D eigenvalue weighted by molar-refractivity contribution is 6.74. The van der Waals surface area contributed by atoms with E-state index in [1.807, 2.05) is 6.92 Å². The summed E-state index contributed by atoms with van der Waals surface area (Å²) in [4.78, 5) is 11.6. The van der Waals surface area contributed by atoms with Crippen LogP contribution in [0, 0.1) is 5.92 Å². The molecular weight excluding hydrogens is 320 g/mol. The van der Waals surface area contributed by atoms with Gasteiger partial charge in [0, 0.05) is 18.4 Å². The van der Waals surface area contributed by atoms with Crippen molar-refractivity contribution in [1.29, 1.82) is 0 Å². The fraction of sp³-hybridized carbons (Fsp3) is 0.842. The smallest absolute Gasteiger partial charge is 0.306 e. The summed E-state index contributed by atoms with van der Waals surface area (Å²) < 4.78 is 12.0. The maximum atomic E-state index is 11.6. The molecule has 1 aliphatic heterocycles. The zero-order chi connectivity index (χ0) is 18.2. The Labute approximate surface area is 147 Å². The van der Waals surface area contributed by atoms with Crippen LogP contribution in [0.2, 0.25) is 18.1 Å². The highest BCUT2D eigenvalue weighted by Crippen LogP contribution is 2.39. The summed E-state index contributed by atoms with van der Waals surface area (Å²) in [6, 6.07) is 0. The Kier molecular flexibility index (Phi) is 5.68. The van der Waals surface area contributed by atoms with Crippen molar-refractivity contribution in [1.82, 2.24) is 0 Å². The van der Waals surface area contributed by atoms with Crippen LogP contribution >= 0.6 is 0 Å². The van der Waals surface area contributed by atoms with Crippen LogP contribution in [-0.4, -0.2) is 37.2 Å². The van der Waals surface area contributed by atoms with Gasteiger partial charge in [-0.1, -0.05) is 32.9 Å². The molecule has 2 rings (SSSR count). The topological polar surface area (TPSA) is 55.8 Å². The molecule has 24 heavy (non-hydrogen) atoms. The van der Waals surface area contributed by atoms with Crippen LogP contribution < -0.4 is 0 Å². The van der Waals surface area contributed by atoms with Gasteiger partial charge < -0.3 is 14.3 Å². The highest BCUT2D eigenvalue weighted by Gasteiger charge is 2.41. The minimum absolute atomic E-state index is 0.0793. The van der Waals surface area contributed by atoms with Gasteiger partial charge in [0.2, 0.25) is 0 Å². The number of hydrogen-bond acceptors (Lipinski definition) is 4. The first kappa shape index (κ1) is 19.7. The van der Waals surface area contributed by atoms with E-state index >= 15 is 0 Å². The Morgan fingerprint density at radius 2 is 2.04 bits per heavy atom. The summed E-state index contributed by atoms with van der Waals surface area (Å²) in [5.74, 6) is -0.0747. The van der Waals surface area contributed by atoms with Crippen LogP contribution in [-0.2, 0) is 14.0 Å². The molecule has 0 bridgehead atoms. The zero-order valence-corrected chi connectivity index (χ0v) is 17.1. The molecule has 0 saturated carbocycles. The standard InChI is InChI=1S/C19H34O4Si/c1-18(2,3)24(5,6)23-15-9-7-8-14-12-17(20)22-16(14)13-19(4,21)11-10-15/h7-8,14-16,21H,9-13H2,1-6H3/b8-7-/t14-,15-,16-,19+/m1/s1. The van der Waals surface area contributed by atoms with Crippen molar-refractivity contribution >= 4 is 14.3 Å². The van der Waals surface area contributed by atoms with Gasteiger partial charge >= 0.3 is 5.97 Å². The van der Waals surface area contributed by atoms with Crippen LogP contribution in [0.5, 0.6) is 0 Å². The van der Waals surface area contributed by atoms with Crippen LogP contribution in [0.1, 0.15) is 59.8 Å². The van der Waals surface area contributed by atoms with E-state index in [1.165, 1.54) is 0 Å². The van der Waals surface area contributed by atoms with Gasteiger partial charge in [-0.2, -0.15) is 0 Å². The highest BCUT2D eigenvalue weighted by atomic mass is 28.4. The quantitative estimate of drug-likeness (QED) is 0.459. The molecule has 1 saturated heterocycles. The van der Waals surface area contributed by atoms with Crippen molar-refractivity contribution in [3.63, 3.8) is 0 Å². The fourth-order valence-electron chi connectivity index (χ4n) is 3.24. The molecule has 0 spiro atoms. The summed E-state index contributed by atoms with van der Waals surface area (Å²) >= 11 is 0. The van der Waals surface area contributed by atoms with Crippen molar-refractivity contribution in [2.45, 2.75) is 95.7 Å². The number of carbonyl (C=O) groups excluding carboxylic acids is 1. The summed E-state index contributed by atoms with van der Waals surface area (Å²) in [5, 5.41) is 10.9. The number of rotatable bonds is 2. The molecule has 0 aromatic heterocycles. The molecular formula is C19H34O4Si. The van der Waals surface area contributed by atoms with E-state index in [4.69, 9.17) is 9.16 Å². The Hall–Kier alpha value is -0.653. The summed E-state index contributed by atoms with van der Waals surface area (Å²) in [6.07, 6.45) is 7.43. The summed E-state index contributed by atoms with van der Waals surface area (Å²) in [7, 11) is -1.84. The van der Waals surface area contributed by atoms with Crippen molar-refractivity contribution in [2.75, 3.05) is 0 Å². The summed E-state index contributed by atoms with van der Waals surface area (Å²) in [5.41, 5.74) is -0.826. The lowest BCUT2D eigenvalue weighted by atomic mass is 9.85. The number of esters is 1. The maximum Gasteiger partial charge on any atom is 0.306 e. The molecule has 0 amide bonds. The number of fused-ring (bicyclic) bond motifs is 1. The van der Waals surface area contributed by atoms with Gasteiger partial charge in [0.1, 0.15) is 6.10 Å². The number of ether oxygens (including phenoxy) is 1. The number of hydrogen-bond donors (Lipinski definition) is 1. The first-order valence-corrected chi connectivity index (χ1v) is 12.1. The van der Waals surface area contributed by atoms with Crippen LogP contribution in [0.4, 0.5) is 0 Å². The van der Waals surface area contributed by atoms with Gasteiger partial charge in [-0.15, -0.1) is 0 Å². The Balaban J connectivity index is 2.13. The van der Waals surface area contributed by atoms with E-state index in [1.54, 1.807) is 0 Å². The lowest BCUT2D eigenvalue weighted by molar-refractivity contribution is -0.143. The average molecular weight is 355 g/mol. The molecule has 0 aromatic carbocycles. The molecule has 0 unspecified atom stereocenters. The zero-order valence-electron chi connectivity index (χ0n) is 16.1. The molecule has 0 radical (unpaired) electrons. The van der Waals surface area contributed by atoms with Gasteiger partial charge in [-0.25, -0.2) is 0 Å². The normalized spacial score (nSPS) is 36.8. The van der Waals surface area contributed by atoms with Crippen LogP contribution in [0.25, 0.3) is 0 Å². The molecule has 5 heteroatoms. The van der Waals surface area contributed by atoms with Gasteiger partial charge in [-0.3, -0.25) is 4.79 Å². The summed E-state index contributed by atoms with van der Waals surface area (Å²) in [6.45, 7) is 13.1. The SMILES string of the molecule is CC(C)(C)[Si](C)(C)O[C@@H]1C/C=C\[C@@H]2CC(=O)O[C@@H]2C[C@@](C)(O)CC1. The number of aliphatic hydroxyl groups is 1. The third-order valence-electron chi connectivity index (χ3n) is 5.86.